The van der Waals surface area contributed by atoms with E-state index in [0.29, 0.717) is 18.9 Å². The lowest BCUT2D eigenvalue weighted by molar-refractivity contribution is -0.143. The molecule has 0 rings (SSSR count). The van der Waals surface area contributed by atoms with Gasteiger partial charge in [-0.2, -0.15) is 0 Å². The molecule has 0 aromatic carbocycles. The highest BCUT2D eigenvalue weighted by molar-refractivity contribution is 5.86. The molecule has 0 spiro atoms. The minimum Gasteiger partial charge on any atom is -0.480 e. The van der Waals surface area contributed by atoms with Gasteiger partial charge >= 0.3 is 12.0 Å². The van der Waals surface area contributed by atoms with Gasteiger partial charge in [-0.05, 0) is 32.1 Å². The zero-order valence-corrected chi connectivity index (χ0v) is 13.7. The summed E-state index contributed by atoms with van der Waals surface area (Å²) in [6.07, 6.45) is 2.09. The van der Waals surface area contributed by atoms with E-state index in [1.807, 2.05) is 13.8 Å². The summed E-state index contributed by atoms with van der Waals surface area (Å²) in [6, 6.07) is -0.133. The Balaban J connectivity index is 5.08. The fourth-order valence-corrected chi connectivity index (χ4v) is 2.12. The van der Waals surface area contributed by atoms with Crippen molar-refractivity contribution >= 4 is 12.0 Å². The highest BCUT2D eigenvalue weighted by Gasteiger charge is 2.35. The molecule has 2 N–H and O–H groups in total. The number of nitrogens with one attached hydrogen (secondary N) is 1. The fraction of sp³-hybridized carbons (Fsp3) is 0.867. The third-order valence-corrected chi connectivity index (χ3v) is 3.77. The number of hydrogen-bond donors (Lipinski definition) is 2. The van der Waals surface area contributed by atoms with Gasteiger partial charge in [-0.25, -0.2) is 9.59 Å². The number of aliphatic carboxylic acids is 1. The predicted octanol–water partition coefficient (Wildman–Crippen LogP) is 3.10. The minimum absolute atomic E-state index is 0.146. The van der Waals surface area contributed by atoms with Crippen LogP contribution in [0.25, 0.3) is 0 Å². The van der Waals surface area contributed by atoms with E-state index in [4.69, 9.17) is 0 Å². The summed E-state index contributed by atoms with van der Waals surface area (Å²) in [5.74, 6) is -0.651. The van der Waals surface area contributed by atoms with Crippen LogP contribution in [0.3, 0.4) is 0 Å². The molecular formula is C15H30N2O3. The average Bonchev–Trinajstić information content (AvgIpc) is 2.37. The zero-order valence-electron chi connectivity index (χ0n) is 13.7. The molecule has 0 aliphatic carbocycles. The maximum atomic E-state index is 12.5. The molecule has 0 bridgehead atoms. The fourth-order valence-electron chi connectivity index (χ4n) is 2.12. The van der Waals surface area contributed by atoms with Gasteiger partial charge in [-0.15, -0.1) is 0 Å². The molecule has 0 aromatic heterocycles. The monoisotopic (exact) mass is 286 g/mol. The van der Waals surface area contributed by atoms with E-state index in [9.17, 15) is 14.7 Å². The van der Waals surface area contributed by atoms with Crippen LogP contribution in [-0.4, -0.2) is 40.1 Å². The summed E-state index contributed by atoms with van der Waals surface area (Å²) in [7, 11) is 0. The maximum absolute atomic E-state index is 12.5. The summed E-state index contributed by atoms with van der Waals surface area (Å²) in [6.45, 7) is 12.2. The highest BCUT2D eigenvalue weighted by atomic mass is 16.4. The molecule has 1 unspecified atom stereocenters. The van der Waals surface area contributed by atoms with Gasteiger partial charge in [0.15, 0.2) is 0 Å². The Hall–Kier alpha value is -1.26. The Kier molecular flexibility index (Phi) is 7.61. The van der Waals surface area contributed by atoms with Gasteiger partial charge in [0.1, 0.15) is 5.54 Å². The molecule has 1 atom stereocenters. The maximum Gasteiger partial charge on any atom is 0.329 e. The molecule has 0 saturated heterocycles. The second-order valence-electron chi connectivity index (χ2n) is 5.94. The average molecular weight is 286 g/mol. The third-order valence-electron chi connectivity index (χ3n) is 3.77. The van der Waals surface area contributed by atoms with Crippen LogP contribution >= 0.6 is 0 Å². The van der Waals surface area contributed by atoms with Gasteiger partial charge in [0.2, 0.25) is 0 Å². The van der Waals surface area contributed by atoms with Crippen molar-refractivity contribution in [3.05, 3.63) is 0 Å². The SMILES string of the molecule is CCC(CC)N(CC(C)C)C(=O)NC(C)(CC)C(=O)O. The first-order chi connectivity index (χ1) is 9.21. The molecule has 0 radical (unpaired) electrons. The lowest BCUT2D eigenvalue weighted by Crippen LogP contribution is -2.58. The molecule has 20 heavy (non-hydrogen) atoms. The van der Waals surface area contributed by atoms with E-state index in [1.165, 1.54) is 0 Å². The second kappa shape index (κ2) is 8.12. The van der Waals surface area contributed by atoms with Crippen molar-refractivity contribution in [2.45, 2.75) is 72.4 Å². The Bertz CT molecular complexity index is 327. The number of nitrogens with zero attached hydrogens (tertiary/aromatic N) is 1. The molecule has 118 valence electrons. The largest absolute Gasteiger partial charge is 0.480 e. The standard InChI is InChI=1S/C15H30N2O3/c1-7-12(8-2)17(10-11(4)5)14(20)16-15(6,9-3)13(18)19/h11-12H,7-10H2,1-6H3,(H,16,20)(H,18,19). The van der Waals surface area contributed by atoms with Crippen LogP contribution in [-0.2, 0) is 4.79 Å². The Morgan fingerprint density at radius 2 is 1.70 bits per heavy atom. The number of carbonyl (C=O) groups excluding carboxylic acids is 1. The van der Waals surface area contributed by atoms with E-state index in [1.54, 1.807) is 18.7 Å². The number of amides is 2. The molecule has 2 amide bonds. The summed E-state index contributed by atoms with van der Waals surface area (Å²) in [5.41, 5.74) is -1.21. The van der Waals surface area contributed by atoms with Gasteiger partial charge in [0, 0.05) is 12.6 Å². The summed E-state index contributed by atoms with van der Waals surface area (Å²) < 4.78 is 0. The number of hydrogen-bond acceptors (Lipinski definition) is 2. The van der Waals surface area contributed by atoms with Crippen molar-refractivity contribution in [2.75, 3.05) is 6.54 Å². The van der Waals surface area contributed by atoms with Crippen LogP contribution in [0.2, 0.25) is 0 Å². The molecule has 0 aliphatic heterocycles. The first kappa shape index (κ1) is 18.7. The van der Waals surface area contributed by atoms with Crippen molar-refractivity contribution < 1.29 is 14.7 Å². The van der Waals surface area contributed by atoms with Gasteiger partial charge in [-0.3, -0.25) is 0 Å². The lowest BCUT2D eigenvalue weighted by Gasteiger charge is -2.35. The molecule has 5 heteroatoms. The third kappa shape index (κ3) is 5.02. The molecule has 5 nitrogen and oxygen atoms in total. The number of carbonyl (C=O) groups is 2. The Labute approximate surface area is 122 Å². The Morgan fingerprint density at radius 3 is 2.00 bits per heavy atom. The zero-order chi connectivity index (χ0) is 15.9. The van der Waals surface area contributed by atoms with Gasteiger partial charge in [0.25, 0.3) is 0 Å². The number of urea groups is 1. The molecule has 0 saturated carbocycles. The van der Waals surface area contributed by atoms with Crippen molar-refractivity contribution in [2.24, 2.45) is 5.92 Å². The van der Waals surface area contributed by atoms with Crippen molar-refractivity contribution in [3.8, 4) is 0 Å². The van der Waals surface area contributed by atoms with Crippen LogP contribution in [0.15, 0.2) is 0 Å². The quantitative estimate of drug-likeness (QED) is 0.720. The topological polar surface area (TPSA) is 69.6 Å². The summed E-state index contributed by atoms with van der Waals surface area (Å²) in [5, 5.41) is 11.9. The van der Waals surface area contributed by atoms with Crippen LogP contribution < -0.4 is 5.32 Å². The Morgan fingerprint density at radius 1 is 1.20 bits per heavy atom. The lowest BCUT2D eigenvalue weighted by atomic mass is 9.99. The molecule has 0 heterocycles. The number of rotatable bonds is 8. The molecule has 0 aromatic rings. The van der Waals surface area contributed by atoms with Crippen molar-refractivity contribution in [1.29, 1.82) is 0 Å². The molecule has 0 fully saturated rings. The minimum atomic E-state index is -1.21. The van der Waals surface area contributed by atoms with Gasteiger partial charge in [0.05, 0.1) is 0 Å². The van der Waals surface area contributed by atoms with Crippen LogP contribution in [0.4, 0.5) is 4.79 Å². The first-order valence-corrected chi connectivity index (χ1v) is 7.53. The first-order valence-electron chi connectivity index (χ1n) is 7.53. The van der Waals surface area contributed by atoms with E-state index < -0.39 is 11.5 Å². The normalized spacial score (nSPS) is 14.2. The van der Waals surface area contributed by atoms with Crippen molar-refractivity contribution in [1.82, 2.24) is 10.2 Å². The van der Waals surface area contributed by atoms with Crippen LogP contribution in [0.5, 0.6) is 0 Å². The van der Waals surface area contributed by atoms with Crippen LogP contribution in [0.1, 0.15) is 60.8 Å². The smallest absolute Gasteiger partial charge is 0.329 e. The predicted molar refractivity (Wildman–Crippen MR) is 80.8 cm³/mol. The van der Waals surface area contributed by atoms with Gasteiger partial charge in [-0.1, -0.05) is 34.6 Å². The van der Waals surface area contributed by atoms with E-state index >= 15 is 0 Å². The number of carboxylic acids is 1. The van der Waals surface area contributed by atoms with E-state index in [2.05, 4.69) is 19.2 Å². The summed E-state index contributed by atoms with van der Waals surface area (Å²) in [4.78, 5) is 25.6. The molecular weight excluding hydrogens is 256 g/mol. The highest BCUT2D eigenvalue weighted by Crippen LogP contribution is 2.15. The van der Waals surface area contributed by atoms with Crippen molar-refractivity contribution in [3.63, 3.8) is 0 Å². The van der Waals surface area contributed by atoms with E-state index in [0.717, 1.165) is 12.8 Å². The second-order valence-corrected chi connectivity index (χ2v) is 5.94. The van der Waals surface area contributed by atoms with Crippen LogP contribution in [0, 0.1) is 5.92 Å². The summed E-state index contributed by atoms with van der Waals surface area (Å²) >= 11 is 0. The van der Waals surface area contributed by atoms with Gasteiger partial charge < -0.3 is 15.3 Å². The molecule has 0 aliphatic rings. The van der Waals surface area contributed by atoms with E-state index in [-0.39, 0.29) is 12.1 Å². The number of carboxylic acid groups (broad SMARTS) is 1.